The summed E-state index contributed by atoms with van der Waals surface area (Å²) in [7, 11) is -2.67. The number of imidazole rings is 1. The summed E-state index contributed by atoms with van der Waals surface area (Å²) in [5.74, 6) is -0.899. The molecule has 180 valence electrons. The number of anilines is 1. The normalized spacial score (nSPS) is 16.1. The minimum atomic E-state index is -4.72. The van der Waals surface area contributed by atoms with Gasteiger partial charge in [-0.05, 0) is 42.8 Å². The lowest BCUT2D eigenvalue weighted by molar-refractivity contribution is -0.138. The standard InChI is InChI=1S/C22H20F3N3O5S/c1-27-12-18(26-13-27)14-5-7-20-19(9-14)28(11-16(33-20)6-8-21(29)30)34(31,32)17-4-2-3-15(10-17)22(23,24)25/h2-5,7,9-10,12-13,16H,6,8,11H2,1H3,(H,29,30). The van der Waals surface area contributed by atoms with E-state index in [1.165, 1.54) is 6.07 Å². The van der Waals surface area contributed by atoms with Crippen LogP contribution in [0.15, 0.2) is 59.9 Å². The molecule has 34 heavy (non-hydrogen) atoms. The second-order valence-electron chi connectivity index (χ2n) is 7.84. The van der Waals surface area contributed by atoms with Gasteiger partial charge in [-0.3, -0.25) is 9.10 Å². The summed E-state index contributed by atoms with van der Waals surface area (Å²) in [6.45, 7) is -0.259. The number of benzene rings is 2. The van der Waals surface area contributed by atoms with Crippen molar-refractivity contribution >= 4 is 21.7 Å². The average molecular weight is 495 g/mol. The van der Waals surface area contributed by atoms with Gasteiger partial charge in [0.25, 0.3) is 10.0 Å². The van der Waals surface area contributed by atoms with Gasteiger partial charge in [-0.1, -0.05) is 6.07 Å². The molecule has 1 N–H and O–H groups in total. The molecule has 2 heterocycles. The maximum absolute atomic E-state index is 13.5. The molecule has 12 heteroatoms. The largest absolute Gasteiger partial charge is 0.486 e. The number of hydrogen-bond donors (Lipinski definition) is 1. The van der Waals surface area contributed by atoms with Crippen LogP contribution in [0.3, 0.4) is 0 Å². The number of aryl methyl sites for hydroxylation is 1. The number of carboxylic acids is 1. The molecular formula is C22H20F3N3O5S. The first-order valence-corrected chi connectivity index (χ1v) is 11.6. The lowest BCUT2D eigenvalue weighted by Crippen LogP contribution is -2.43. The predicted molar refractivity (Wildman–Crippen MR) is 116 cm³/mol. The van der Waals surface area contributed by atoms with Gasteiger partial charge < -0.3 is 14.4 Å². The monoisotopic (exact) mass is 495 g/mol. The van der Waals surface area contributed by atoms with Gasteiger partial charge in [0.2, 0.25) is 0 Å². The molecule has 1 aliphatic rings. The molecule has 3 aromatic rings. The molecule has 8 nitrogen and oxygen atoms in total. The fourth-order valence-electron chi connectivity index (χ4n) is 3.66. The number of halogens is 3. The van der Waals surface area contributed by atoms with Crippen molar-refractivity contribution < 1.29 is 36.2 Å². The van der Waals surface area contributed by atoms with E-state index in [0.29, 0.717) is 17.3 Å². The molecule has 0 bridgehead atoms. The van der Waals surface area contributed by atoms with Crippen molar-refractivity contribution in [3.8, 4) is 17.0 Å². The van der Waals surface area contributed by atoms with Gasteiger partial charge in [0.15, 0.2) is 0 Å². The topological polar surface area (TPSA) is 102 Å². The Balaban J connectivity index is 1.80. The van der Waals surface area contributed by atoms with Gasteiger partial charge in [0, 0.05) is 25.2 Å². The van der Waals surface area contributed by atoms with Crippen molar-refractivity contribution in [1.82, 2.24) is 9.55 Å². The van der Waals surface area contributed by atoms with Crippen LogP contribution in [0.25, 0.3) is 11.3 Å². The van der Waals surface area contributed by atoms with Crippen LogP contribution in [-0.2, 0) is 28.0 Å². The zero-order valence-electron chi connectivity index (χ0n) is 17.9. The van der Waals surface area contributed by atoms with Crippen LogP contribution in [-0.4, -0.2) is 41.7 Å². The summed E-state index contributed by atoms with van der Waals surface area (Å²) in [5, 5.41) is 9.01. The maximum atomic E-state index is 13.5. The molecule has 0 spiro atoms. The average Bonchev–Trinajstić information content (AvgIpc) is 3.22. The lowest BCUT2D eigenvalue weighted by atomic mass is 10.1. The van der Waals surface area contributed by atoms with Gasteiger partial charge in [-0.15, -0.1) is 0 Å². The Morgan fingerprint density at radius 2 is 2.00 bits per heavy atom. The van der Waals surface area contributed by atoms with Crippen LogP contribution >= 0.6 is 0 Å². The van der Waals surface area contributed by atoms with E-state index in [4.69, 9.17) is 9.84 Å². The fourth-order valence-corrected chi connectivity index (χ4v) is 5.20. The van der Waals surface area contributed by atoms with Crippen LogP contribution in [0, 0.1) is 0 Å². The molecule has 1 aromatic heterocycles. The number of aliphatic carboxylic acids is 1. The van der Waals surface area contributed by atoms with Crippen LogP contribution in [0.2, 0.25) is 0 Å². The fraction of sp³-hybridized carbons (Fsp3) is 0.273. The molecule has 1 unspecified atom stereocenters. The Morgan fingerprint density at radius 1 is 1.24 bits per heavy atom. The highest BCUT2D eigenvalue weighted by molar-refractivity contribution is 7.92. The number of hydrogen-bond acceptors (Lipinski definition) is 5. The number of rotatable bonds is 6. The zero-order chi connectivity index (χ0) is 24.7. The molecule has 0 saturated carbocycles. The molecule has 0 saturated heterocycles. The smallest absolute Gasteiger partial charge is 0.416 e. The third-order valence-electron chi connectivity index (χ3n) is 5.32. The number of sulfonamides is 1. The van der Waals surface area contributed by atoms with Gasteiger partial charge in [-0.2, -0.15) is 13.2 Å². The Labute approximate surface area is 193 Å². The summed E-state index contributed by atoms with van der Waals surface area (Å²) in [4.78, 5) is 14.7. The summed E-state index contributed by atoms with van der Waals surface area (Å²) in [6.07, 6.45) is -2.46. The van der Waals surface area contributed by atoms with Crippen molar-refractivity contribution in [3.05, 3.63) is 60.6 Å². The second-order valence-corrected chi connectivity index (χ2v) is 9.70. The van der Waals surface area contributed by atoms with Crippen LogP contribution < -0.4 is 9.04 Å². The number of aromatic nitrogens is 2. The summed E-state index contributed by atoms with van der Waals surface area (Å²) >= 11 is 0. The molecule has 0 fully saturated rings. The third-order valence-corrected chi connectivity index (χ3v) is 7.10. The van der Waals surface area contributed by atoms with E-state index in [-0.39, 0.29) is 30.8 Å². The van der Waals surface area contributed by atoms with E-state index in [2.05, 4.69) is 4.98 Å². The van der Waals surface area contributed by atoms with E-state index in [1.807, 2.05) is 0 Å². The minimum absolute atomic E-state index is 0.0192. The van der Waals surface area contributed by atoms with Gasteiger partial charge in [0.05, 0.1) is 34.7 Å². The quantitative estimate of drug-likeness (QED) is 0.556. The van der Waals surface area contributed by atoms with E-state index in [0.717, 1.165) is 22.5 Å². The molecule has 1 aliphatic heterocycles. The van der Waals surface area contributed by atoms with Crippen molar-refractivity contribution in [2.24, 2.45) is 7.05 Å². The first-order valence-electron chi connectivity index (χ1n) is 10.2. The molecule has 1 atom stereocenters. The highest BCUT2D eigenvalue weighted by Gasteiger charge is 2.37. The van der Waals surface area contributed by atoms with Crippen molar-refractivity contribution in [2.75, 3.05) is 10.8 Å². The van der Waals surface area contributed by atoms with E-state index in [9.17, 15) is 26.4 Å². The van der Waals surface area contributed by atoms with Gasteiger partial charge >= 0.3 is 12.1 Å². The molecule has 0 aliphatic carbocycles. The van der Waals surface area contributed by atoms with E-state index >= 15 is 0 Å². The second kappa shape index (κ2) is 8.67. The van der Waals surface area contributed by atoms with Crippen LogP contribution in [0.1, 0.15) is 18.4 Å². The van der Waals surface area contributed by atoms with Crippen molar-refractivity contribution in [3.63, 3.8) is 0 Å². The van der Waals surface area contributed by atoms with E-state index < -0.39 is 38.7 Å². The van der Waals surface area contributed by atoms with E-state index in [1.54, 1.807) is 36.3 Å². The molecule has 4 rings (SSSR count). The molecule has 0 amide bonds. The maximum Gasteiger partial charge on any atom is 0.416 e. The first-order chi connectivity index (χ1) is 15.9. The third kappa shape index (κ3) is 4.72. The number of carboxylic acid groups (broad SMARTS) is 1. The number of fused-ring (bicyclic) bond motifs is 1. The zero-order valence-corrected chi connectivity index (χ0v) is 18.7. The van der Waals surface area contributed by atoms with Gasteiger partial charge in [0.1, 0.15) is 11.9 Å². The number of carbonyl (C=O) groups is 1. The Bertz CT molecular complexity index is 1340. The summed E-state index contributed by atoms with van der Waals surface area (Å²) < 4.78 is 75.3. The Morgan fingerprint density at radius 3 is 2.65 bits per heavy atom. The van der Waals surface area contributed by atoms with Crippen molar-refractivity contribution in [2.45, 2.75) is 30.0 Å². The van der Waals surface area contributed by atoms with Gasteiger partial charge in [-0.25, -0.2) is 13.4 Å². The summed E-state index contributed by atoms with van der Waals surface area (Å²) in [6, 6.07) is 8.26. The first kappa shape index (κ1) is 23.6. The Hall–Kier alpha value is -3.54. The minimum Gasteiger partial charge on any atom is -0.486 e. The number of alkyl halides is 3. The molecule has 0 radical (unpaired) electrons. The molecular weight excluding hydrogens is 475 g/mol. The number of nitrogens with zero attached hydrogens (tertiary/aromatic N) is 3. The highest BCUT2D eigenvalue weighted by atomic mass is 32.2. The predicted octanol–water partition coefficient (Wildman–Crippen LogP) is 3.93. The number of ether oxygens (including phenoxy) is 1. The highest BCUT2D eigenvalue weighted by Crippen LogP contribution is 2.41. The summed E-state index contributed by atoms with van der Waals surface area (Å²) in [5.41, 5.74) is 0.185. The Kier molecular flexibility index (Phi) is 6.02. The lowest BCUT2D eigenvalue weighted by Gasteiger charge is -2.35. The SMILES string of the molecule is Cn1cnc(-c2ccc3c(c2)N(S(=O)(=O)c2cccc(C(F)(F)F)c2)CC(CCC(=O)O)O3)c1. The van der Waals surface area contributed by atoms with Crippen LogP contribution in [0.5, 0.6) is 5.75 Å². The van der Waals surface area contributed by atoms with Crippen LogP contribution in [0.4, 0.5) is 18.9 Å². The van der Waals surface area contributed by atoms with Crippen molar-refractivity contribution in [1.29, 1.82) is 0 Å². The molecule has 2 aromatic carbocycles.